The number of carbonyl (C=O) groups excluding carboxylic acids is 2. The summed E-state index contributed by atoms with van der Waals surface area (Å²) >= 11 is 4.86. The first-order valence-electron chi connectivity index (χ1n) is 7.13. The highest BCUT2D eigenvalue weighted by atomic mass is 79.9. The number of nitrogens with one attached hydrogen (secondary N) is 2. The quantitative estimate of drug-likeness (QED) is 0.477. The Labute approximate surface area is 159 Å². The van der Waals surface area contributed by atoms with Crippen molar-refractivity contribution in [1.82, 2.24) is 5.32 Å². The Morgan fingerprint density at radius 2 is 2.08 bits per heavy atom. The van der Waals surface area contributed by atoms with Gasteiger partial charge in [-0.05, 0) is 42.5 Å². The number of anilines is 2. The van der Waals surface area contributed by atoms with E-state index in [1.807, 2.05) is 18.4 Å². The largest absolute Gasteiger partial charge is 0.397 e. The molecule has 24 heavy (non-hydrogen) atoms. The number of halogens is 2. The van der Waals surface area contributed by atoms with Gasteiger partial charge in [-0.2, -0.15) is 11.3 Å². The summed E-state index contributed by atoms with van der Waals surface area (Å²) in [6.07, 6.45) is 0.878. The lowest BCUT2D eigenvalue weighted by Crippen LogP contribution is -2.25. The van der Waals surface area contributed by atoms with Crippen LogP contribution in [0.4, 0.5) is 11.4 Å². The van der Waals surface area contributed by atoms with E-state index < -0.39 is 0 Å². The number of aryl methyl sites for hydroxylation is 1. The number of hydrogen-bond donors (Lipinski definition) is 3. The first-order valence-corrected chi connectivity index (χ1v) is 8.87. The van der Waals surface area contributed by atoms with E-state index in [1.165, 1.54) is 11.3 Å². The maximum absolute atomic E-state index is 12.0. The predicted molar refractivity (Wildman–Crippen MR) is 105 cm³/mol. The fraction of sp³-hybridized carbons (Fsp3) is 0.250. The Balaban J connectivity index is 0.00000288. The highest BCUT2D eigenvalue weighted by molar-refractivity contribution is 9.10. The van der Waals surface area contributed by atoms with Crippen LogP contribution in [0, 0.1) is 6.92 Å². The number of hydrogen-bond acceptors (Lipinski definition) is 4. The molecule has 1 aromatic carbocycles. The van der Waals surface area contributed by atoms with Gasteiger partial charge in [0.25, 0.3) is 5.91 Å². The molecule has 130 valence electrons. The van der Waals surface area contributed by atoms with Gasteiger partial charge in [-0.1, -0.05) is 15.9 Å². The summed E-state index contributed by atoms with van der Waals surface area (Å²) < 4.78 is 0.863. The molecule has 0 aliphatic rings. The molecular formula is C16H19BrClN3O2S. The summed E-state index contributed by atoms with van der Waals surface area (Å²) in [6, 6.07) is 5.44. The summed E-state index contributed by atoms with van der Waals surface area (Å²) in [7, 11) is 0. The van der Waals surface area contributed by atoms with Crippen LogP contribution in [0.5, 0.6) is 0 Å². The molecule has 0 saturated carbocycles. The third kappa shape index (κ3) is 5.81. The van der Waals surface area contributed by atoms with E-state index >= 15 is 0 Å². The van der Waals surface area contributed by atoms with Crippen LogP contribution in [-0.4, -0.2) is 18.4 Å². The fourth-order valence-corrected chi connectivity index (χ4v) is 3.23. The molecule has 0 unspecified atom stereocenters. The van der Waals surface area contributed by atoms with Crippen molar-refractivity contribution in [1.29, 1.82) is 0 Å². The van der Waals surface area contributed by atoms with Gasteiger partial charge in [0.2, 0.25) is 5.91 Å². The van der Waals surface area contributed by atoms with E-state index in [9.17, 15) is 9.59 Å². The molecule has 2 aromatic rings. The van der Waals surface area contributed by atoms with Crippen molar-refractivity contribution < 1.29 is 9.59 Å². The summed E-state index contributed by atoms with van der Waals surface area (Å²) in [4.78, 5) is 23.7. The maximum atomic E-state index is 12.0. The van der Waals surface area contributed by atoms with Gasteiger partial charge in [0.15, 0.2) is 0 Å². The van der Waals surface area contributed by atoms with E-state index in [2.05, 4.69) is 26.6 Å². The van der Waals surface area contributed by atoms with Crippen molar-refractivity contribution >= 4 is 62.9 Å². The second kappa shape index (κ2) is 9.66. The van der Waals surface area contributed by atoms with Crippen LogP contribution < -0.4 is 16.4 Å². The van der Waals surface area contributed by atoms with Gasteiger partial charge in [0, 0.05) is 28.4 Å². The Morgan fingerprint density at radius 1 is 1.33 bits per heavy atom. The Bertz CT molecular complexity index is 708. The molecule has 0 radical (unpaired) electrons. The number of nitrogen functional groups attached to an aromatic ring is 1. The SMILES string of the molecule is Cc1cc(Br)cc(NC(=O)CCCNC(=O)c2ccsc2)c1N.Cl. The van der Waals surface area contributed by atoms with Crippen LogP contribution >= 0.6 is 39.7 Å². The fourth-order valence-electron chi connectivity index (χ4n) is 2.02. The van der Waals surface area contributed by atoms with Crippen molar-refractivity contribution in [3.05, 3.63) is 44.6 Å². The Kier molecular flexibility index (Phi) is 8.24. The van der Waals surface area contributed by atoms with Gasteiger partial charge in [0.1, 0.15) is 0 Å². The molecule has 2 rings (SSSR count). The molecule has 0 fully saturated rings. The van der Waals surface area contributed by atoms with Crippen molar-refractivity contribution in [2.45, 2.75) is 19.8 Å². The molecule has 4 N–H and O–H groups in total. The Hall–Kier alpha value is -1.57. The van der Waals surface area contributed by atoms with Crippen LogP contribution in [-0.2, 0) is 4.79 Å². The molecule has 0 aliphatic carbocycles. The number of nitrogens with two attached hydrogens (primary N) is 1. The zero-order valence-corrected chi connectivity index (χ0v) is 16.3. The second-order valence-corrected chi connectivity index (χ2v) is 6.80. The number of benzene rings is 1. The predicted octanol–water partition coefficient (Wildman–Crippen LogP) is 3.97. The van der Waals surface area contributed by atoms with E-state index in [1.54, 1.807) is 17.5 Å². The van der Waals surface area contributed by atoms with E-state index in [0.717, 1.165) is 10.0 Å². The topological polar surface area (TPSA) is 84.2 Å². The van der Waals surface area contributed by atoms with Gasteiger partial charge >= 0.3 is 0 Å². The van der Waals surface area contributed by atoms with E-state index in [4.69, 9.17) is 5.73 Å². The van der Waals surface area contributed by atoms with Crippen LogP contribution in [0.25, 0.3) is 0 Å². The van der Waals surface area contributed by atoms with Gasteiger partial charge in [0.05, 0.1) is 11.4 Å². The first kappa shape index (κ1) is 20.5. The highest BCUT2D eigenvalue weighted by Crippen LogP contribution is 2.27. The number of carbonyl (C=O) groups is 2. The molecule has 0 spiro atoms. The zero-order chi connectivity index (χ0) is 16.8. The highest BCUT2D eigenvalue weighted by Gasteiger charge is 2.09. The van der Waals surface area contributed by atoms with Gasteiger partial charge in [-0.3, -0.25) is 9.59 Å². The van der Waals surface area contributed by atoms with Crippen molar-refractivity contribution in [3.8, 4) is 0 Å². The maximum Gasteiger partial charge on any atom is 0.252 e. The molecule has 1 heterocycles. The molecule has 8 heteroatoms. The van der Waals surface area contributed by atoms with E-state index in [-0.39, 0.29) is 24.2 Å². The molecule has 5 nitrogen and oxygen atoms in total. The first-order chi connectivity index (χ1) is 11.0. The third-order valence-corrected chi connectivity index (χ3v) is 4.42. The molecule has 1 aromatic heterocycles. The molecule has 0 atom stereocenters. The summed E-state index contributed by atoms with van der Waals surface area (Å²) in [5.74, 6) is -0.238. The average Bonchev–Trinajstić information content (AvgIpc) is 3.03. The zero-order valence-electron chi connectivity index (χ0n) is 13.1. The molecule has 0 aliphatic heterocycles. The van der Waals surface area contributed by atoms with Crippen LogP contribution in [0.3, 0.4) is 0 Å². The molecular weight excluding hydrogens is 414 g/mol. The minimum Gasteiger partial charge on any atom is -0.397 e. The minimum atomic E-state index is -0.126. The molecule has 0 saturated heterocycles. The number of rotatable bonds is 6. The van der Waals surface area contributed by atoms with Crippen LogP contribution in [0.1, 0.15) is 28.8 Å². The van der Waals surface area contributed by atoms with Crippen molar-refractivity contribution in [2.24, 2.45) is 0 Å². The van der Waals surface area contributed by atoms with Gasteiger partial charge in [-0.15, -0.1) is 12.4 Å². The lowest BCUT2D eigenvalue weighted by molar-refractivity contribution is -0.116. The normalized spacial score (nSPS) is 9.92. The monoisotopic (exact) mass is 431 g/mol. The summed E-state index contributed by atoms with van der Waals surface area (Å²) in [6.45, 7) is 2.34. The summed E-state index contributed by atoms with van der Waals surface area (Å²) in [5.41, 5.74) is 8.67. The van der Waals surface area contributed by atoms with E-state index in [0.29, 0.717) is 36.3 Å². The standard InChI is InChI=1S/C16H18BrN3O2S.ClH/c1-10-7-12(17)8-13(15(10)18)20-14(21)3-2-5-19-16(22)11-4-6-23-9-11;/h4,6-9H,2-3,5,18H2,1H3,(H,19,22)(H,20,21);1H. The second-order valence-electron chi connectivity index (χ2n) is 5.10. The van der Waals surface area contributed by atoms with Crippen LogP contribution in [0.15, 0.2) is 33.4 Å². The van der Waals surface area contributed by atoms with Gasteiger partial charge in [-0.25, -0.2) is 0 Å². The lowest BCUT2D eigenvalue weighted by Gasteiger charge is -2.11. The number of amides is 2. The summed E-state index contributed by atoms with van der Waals surface area (Å²) in [5, 5.41) is 9.24. The molecule has 2 amide bonds. The van der Waals surface area contributed by atoms with Crippen LogP contribution in [0.2, 0.25) is 0 Å². The minimum absolute atomic E-state index is 0. The van der Waals surface area contributed by atoms with Gasteiger partial charge < -0.3 is 16.4 Å². The average molecular weight is 433 g/mol. The lowest BCUT2D eigenvalue weighted by atomic mass is 10.1. The molecule has 0 bridgehead atoms. The van der Waals surface area contributed by atoms with Crippen molar-refractivity contribution in [2.75, 3.05) is 17.6 Å². The number of thiophene rings is 1. The smallest absolute Gasteiger partial charge is 0.252 e. The van der Waals surface area contributed by atoms with Crippen molar-refractivity contribution in [3.63, 3.8) is 0 Å². The third-order valence-electron chi connectivity index (χ3n) is 3.28. The Morgan fingerprint density at radius 3 is 2.75 bits per heavy atom.